The van der Waals surface area contributed by atoms with E-state index in [0.29, 0.717) is 0 Å². The molecule has 0 atom stereocenters. The third kappa shape index (κ3) is 7.81. The topological polar surface area (TPSA) is 76.2 Å². The van der Waals surface area contributed by atoms with Gasteiger partial charge in [0.05, 0.1) is 10.2 Å². The number of benzene rings is 2. The van der Waals surface area contributed by atoms with Crippen molar-refractivity contribution in [1.82, 2.24) is 9.97 Å². The summed E-state index contributed by atoms with van der Waals surface area (Å²) in [6.07, 6.45) is 8.41. The number of fused-ring (bicyclic) bond motifs is 3. The number of nitrogens with zero attached hydrogens (tertiary/aromatic N) is 2. The fraction of sp³-hybridized carbons (Fsp3) is 0.372. The molecule has 4 heterocycles. The van der Waals surface area contributed by atoms with Crippen molar-refractivity contribution in [3.63, 3.8) is 0 Å². The number of ketones is 1. The number of hydrogen-bond acceptors (Lipinski definition) is 6. The standard InChI is InChI=1S/C28H21N2OS.C15H28O2.Ir/c1-28(2,3)22-15-18(14-17-6-4-5-7-19(17)22)26-21-16-25(31-24(21)9-12-30-26)20-8-11-29-23-10-13-32-27(20)23;1-7-14(5,8-2)12(16)11-13(17)15(6,9-3)10-4;/h4-13,15-16H,1-3H3;11,16H,7-10H2,1-6H3;/q-1;;/b;12-11-;. The Morgan fingerprint density at radius 3 is 2.18 bits per heavy atom. The van der Waals surface area contributed by atoms with Crippen LogP contribution in [0.1, 0.15) is 93.6 Å². The van der Waals surface area contributed by atoms with Crippen molar-refractivity contribution < 1.29 is 34.4 Å². The molecule has 0 unspecified atom stereocenters. The fourth-order valence-corrected chi connectivity index (χ4v) is 6.91. The molecule has 0 aliphatic heterocycles. The number of pyridine rings is 2. The van der Waals surface area contributed by atoms with Crippen molar-refractivity contribution in [1.29, 1.82) is 0 Å². The molecular weight excluding hydrogens is 817 g/mol. The van der Waals surface area contributed by atoms with Crippen LogP contribution in [-0.2, 0) is 30.3 Å². The zero-order chi connectivity index (χ0) is 35.6. The minimum Gasteiger partial charge on any atom is -0.512 e. The fourth-order valence-electron chi connectivity index (χ4n) is 6.04. The largest absolute Gasteiger partial charge is 0.512 e. The van der Waals surface area contributed by atoms with Gasteiger partial charge in [-0.05, 0) is 60.7 Å². The number of allylic oxidation sites excluding steroid dienone is 2. The normalized spacial score (nSPS) is 12.5. The molecule has 0 saturated heterocycles. The van der Waals surface area contributed by atoms with Crippen LogP contribution in [0.5, 0.6) is 0 Å². The second-order valence-corrected chi connectivity index (χ2v) is 15.4. The van der Waals surface area contributed by atoms with Crippen LogP contribution < -0.4 is 0 Å². The first-order valence-corrected chi connectivity index (χ1v) is 18.3. The molecule has 7 heteroatoms. The van der Waals surface area contributed by atoms with Gasteiger partial charge in [0.25, 0.3) is 0 Å². The molecule has 0 bridgehead atoms. The molecule has 0 aliphatic carbocycles. The number of rotatable bonds is 9. The summed E-state index contributed by atoms with van der Waals surface area (Å²) in [5, 5.41) is 15.5. The maximum Gasteiger partial charge on any atom is 0.164 e. The Hall–Kier alpha value is -3.64. The molecule has 0 fully saturated rings. The average Bonchev–Trinajstić information content (AvgIpc) is 3.78. The molecule has 5 nitrogen and oxygen atoms in total. The molecule has 0 aliphatic rings. The molecule has 6 aromatic rings. The van der Waals surface area contributed by atoms with E-state index in [9.17, 15) is 9.90 Å². The summed E-state index contributed by atoms with van der Waals surface area (Å²) >= 11 is 1.68. The molecule has 0 saturated carbocycles. The molecule has 1 radical (unpaired) electrons. The number of thiophene rings is 1. The van der Waals surface area contributed by atoms with Gasteiger partial charge in [0.2, 0.25) is 0 Å². The summed E-state index contributed by atoms with van der Waals surface area (Å²) in [5.74, 6) is 1.12. The predicted molar refractivity (Wildman–Crippen MR) is 206 cm³/mol. The number of hydrogen-bond donors (Lipinski definition) is 1. The van der Waals surface area contributed by atoms with Crippen molar-refractivity contribution in [3.05, 3.63) is 95.8 Å². The molecule has 1 N–H and O–H groups in total. The molecule has 265 valence electrons. The average molecular weight is 866 g/mol. The van der Waals surface area contributed by atoms with Crippen LogP contribution in [0.4, 0.5) is 0 Å². The van der Waals surface area contributed by atoms with Gasteiger partial charge in [-0.25, -0.2) is 0 Å². The van der Waals surface area contributed by atoms with E-state index in [1.54, 1.807) is 11.3 Å². The SMILES string of the molecule is CC(C)(C)c1cc(-c2nccc3oc(-c4ccnc5ccsc45)cc23)[c-]c2ccccc12.CCC(C)(CC)C(=O)/C=C(\O)C(C)(CC)CC.[Ir]. The summed E-state index contributed by atoms with van der Waals surface area (Å²) in [6, 6.07) is 22.4. The molecule has 0 spiro atoms. The minimum atomic E-state index is -0.337. The van der Waals surface area contributed by atoms with Crippen LogP contribution in [0.15, 0.2) is 88.6 Å². The first kappa shape index (κ1) is 39.2. The van der Waals surface area contributed by atoms with Gasteiger partial charge < -0.3 is 9.52 Å². The molecule has 50 heavy (non-hydrogen) atoms. The van der Waals surface area contributed by atoms with Crippen LogP contribution in [0, 0.1) is 16.9 Å². The van der Waals surface area contributed by atoms with Crippen LogP contribution in [0.3, 0.4) is 0 Å². The van der Waals surface area contributed by atoms with Crippen molar-refractivity contribution in [2.75, 3.05) is 0 Å². The van der Waals surface area contributed by atoms with Gasteiger partial charge >= 0.3 is 0 Å². The van der Waals surface area contributed by atoms with Crippen molar-refractivity contribution in [3.8, 4) is 22.6 Å². The van der Waals surface area contributed by atoms with E-state index in [4.69, 9.17) is 9.40 Å². The second kappa shape index (κ2) is 15.7. The Bertz CT molecular complexity index is 2130. The van der Waals surface area contributed by atoms with Crippen LogP contribution in [-0.4, -0.2) is 20.9 Å². The van der Waals surface area contributed by atoms with Crippen molar-refractivity contribution in [2.45, 2.75) is 93.4 Å². The Balaban J connectivity index is 0.000000269. The third-order valence-electron chi connectivity index (χ3n) is 10.5. The number of aliphatic hydroxyl groups excluding tert-OH is 1. The Labute approximate surface area is 314 Å². The zero-order valence-corrected chi connectivity index (χ0v) is 33.9. The maximum atomic E-state index is 12.2. The van der Waals surface area contributed by atoms with E-state index in [1.807, 2.05) is 72.1 Å². The quantitative estimate of drug-likeness (QED) is 0.0890. The van der Waals surface area contributed by atoms with E-state index in [2.05, 4.69) is 73.6 Å². The van der Waals surface area contributed by atoms with E-state index in [-0.39, 0.29) is 47.9 Å². The van der Waals surface area contributed by atoms with Crippen molar-refractivity contribution >= 4 is 49.1 Å². The number of aromatic nitrogens is 2. The Morgan fingerprint density at radius 1 is 0.860 bits per heavy atom. The maximum absolute atomic E-state index is 12.2. The van der Waals surface area contributed by atoms with Crippen LogP contribution in [0.25, 0.3) is 54.5 Å². The second-order valence-electron chi connectivity index (χ2n) is 14.5. The van der Waals surface area contributed by atoms with Crippen molar-refractivity contribution in [2.24, 2.45) is 10.8 Å². The molecular formula is C43H49IrN2O3S-. The summed E-state index contributed by atoms with van der Waals surface area (Å²) in [6.45, 7) is 18.8. The summed E-state index contributed by atoms with van der Waals surface area (Å²) in [5.41, 5.74) is 5.45. The Kier molecular flexibility index (Phi) is 12.3. The van der Waals surface area contributed by atoms with Gasteiger partial charge in [0.15, 0.2) is 5.78 Å². The van der Waals surface area contributed by atoms with Crippen LogP contribution in [0.2, 0.25) is 0 Å². The van der Waals surface area contributed by atoms with Gasteiger partial charge in [-0.15, -0.1) is 40.5 Å². The predicted octanol–water partition coefficient (Wildman–Crippen LogP) is 12.7. The number of carbonyl (C=O) groups is 1. The smallest absolute Gasteiger partial charge is 0.164 e. The minimum absolute atomic E-state index is 0. The van der Waals surface area contributed by atoms with E-state index in [0.717, 1.165) is 74.8 Å². The van der Waals surface area contributed by atoms with Gasteiger partial charge in [0.1, 0.15) is 17.1 Å². The first-order valence-electron chi connectivity index (χ1n) is 17.4. The zero-order valence-electron chi connectivity index (χ0n) is 30.7. The molecule has 6 rings (SSSR count). The van der Waals surface area contributed by atoms with Gasteiger partial charge in [-0.1, -0.05) is 91.5 Å². The molecule has 2 aromatic carbocycles. The van der Waals surface area contributed by atoms with Crippen LogP contribution >= 0.6 is 11.3 Å². The molecule has 0 amide bonds. The first-order chi connectivity index (χ1) is 23.3. The number of furan rings is 1. The number of aliphatic hydroxyl groups is 1. The van der Waals surface area contributed by atoms with E-state index in [1.165, 1.54) is 17.0 Å². The third-order valence-corrected chi connectivity index (χ3v) is 11.4. The number of carbonyl (C=O) groups excluding carboxylic acids is 1. The Morgan fingerprint density at radius 2 is 1.52 bits per heavy atom. The van der Waals surface area contributed by atoms with E-state index >= 15 is 0 Å². The molecule has 4 aromatic heterocycles. The summed E-state index contributed by atoms with van der Waals surface area (Å²) < 4.78 is 7.44. The monoisotopic (exact) mass is 866 g/mol. The van der Waals surface area contributed by atoms with Gasteiger partial charge in [-0.3, -0.25) is 14.8 Å². The van der Waals surface area contributed by atoms with E-state index < -0.39 is 0 Å². The summed E-state index contributed by atoms with van der Waals surface area (Å²) in [7, 11) is 0. The van der Waals surface area contributed by atoms with Gasteiger partial charge in [-0.2, -0.15) is 0 Å². The summed E-state index contributed by atoms with van der Waals surface area (Å²) in [4.78, 5) is 21.4. The van der Waals surface area contributed by atoms with Gasteiger partial charge in [0, 0.05) is 66.0 Å².